The lowest BCUT2D eigenvalue weighted by atomic mass is 9.78. The monoisotopic (exact) mass is 480 g/mol. The number of piperidine rings is 1. The molecule has 0 radical (unpaired) electrons. The van der Waals surface area contributed by atoms with Crippen LogP contribution in [0.15, 0.2) is 60.8 Å². The van der Waals surface area contributed by atoms with Gasteiger partial charge in [0.25, 0.3) is 0 Å². The van der Waals surface area contributed by atoms with Crippen molar-refractivity contribution in [2.45, 2.75) is 43.4 Å². The number of aliphatic carboxylic acids is 1. The number of alkyl halides is 1. The quantitative estimate of drug-likeness (QED) is 0.359. The van der Waals surface area contributed by atoms with E-state index >= 15 is 0 Å². The predicted octanol–water partition coefficient (Wildman–Crippen LogP) is 5.79. The summed E-state index contributed by atoms with van der Waals surface area (Å²) in [6.07, 6.45) is 6.86. The first-order valence-electron chi connectivity index (χ1n) is 12.1. The van der Waals surface area contributed by atoms with Crippen molar-refractivity contribution in [3.63, 3.8) is 0 Å². The number of pyridine rings is 1. The number of fused-ring (bicyclic) bond motifs is 1. The third-order valence-electron chi connectivity index (χ3n) is 7.17. The molecule has 0 amide bonds. The van der Waals surface area contributed by atoms with Crippen molar-refractivity contribution in [3.8, 4) is 5.75 Å². The Hall–Kier alpha value is -2.63. The zero-order valence-corrected chi connectivity index (χ0v) is 20.4. The third kappa shape index (κ3) is 5.70. The van der Waals surface area contributed by atoms with Crippen molar-refractivity contribution in [3.05, 3.63) is 71.9 Å². The predicted molar refractivity (Wildman–Crippen MR) is 137 cm³/mol. The van der Waals surface area contributed by atoms with Crippen molar-refractivity contribution in [2.75, 3.05) is 20.2 Å². The third-order valence-corrected chi connectivity index (χ3v) is 7.75. The van der Waals surface area contributed by atoms with Crippen molar-refractivity contribution in [1.82, 2.24) is 10.3 Å². The zero-order chi connectivity index (χ0) is 24.0. The molecule has 0 bridgehead atoms. The summed E-state index contributed by atoms with van der Waals surface area (Å²) in [7, 11) is 1.66. The van der Waals surface area contributed by atoms with Crippen LogP contribution in [0.25, 0.3) is 10.9 Å². The molecule has 180 valence electrons. The number of methoxy groups -OCH3 is 1. The van der Waals surface area contributed by atoms with Crippen LogP contribution in [0.2, 0.25) is 0 Å². The van der Waals surface area contributed by atoms with Crippen LogP contribution in [0.5, 0.6) is 5.75 Å². The van der Waals surface area contributed by atoms with Crippen molar-refractivity contribution in [1.29, 1.82) is 0 Å². The number of benzene rings is 2. The summed E-state index contributed by atoms with van der Waals surface area (Å²) < 4.78 is 5.48. The number of hydrogen-bond acceptors (Lipinski definition) is 4. The van der Waals surface area contributed by atoms with Gasteiger partial charge < -0.3 is 15.2 Å². The van der Waals surface area contributed by atoms with Gasteiger partial charge in [-0.05, 0) is 86.4 Å². The molecule has 1 aromatic heterocycles. The number of rotatable bonds is 10. The zero-order valence-electron chi connectivity index (χ0n) is 19.7. The second-order valence-electron chi connectivity index (χ2n) is 9.28. The lowest BCUT2D eigenvalue weighted by Crippen LogP contribution is -2.41. The fourth-order valence-corrected chi connectivity index (χ4v) is 5.62. The highest BCUT2D eigenvalue weighted by atomic mass is 35.5. The van der Waals surface area contributed by atoms with Crippen LogP contribution in [0.3, 0.4) is 0 Å². The highest BCUT2D eigenvalue weighted by Crippen LogP contribution is 2.44. The minimum absolute atomic E-state index is 0.119. The van der Waals surface area contributed by atoms with E-state index in [4.69, 9.17) is 16.3 Å². The number of nitrogens with one attached hydrogen (secondary N) is 1. The molecule has 34 heavy (non-hydrogen) atoms. The van der Waals surface area contributed by atoms with Gasteiger partial charge in [-0.25, -0.2) is 0 Å². The first kappa shape index (κ1) is 24.5. The SMILES string of the molecule is COc1ccc2nccc(C(Cl)(CCCc3ccccc3)CCC3CCNCC3C(=O)O)c2c1. The molecule has 3 atom stereocenters. The van der Waals surface area contributed by atoms with Crippen LogP contribution in [0.1, 0.15) is 43.2 Å². The molecule has 2 heterocycles. The highest BCUT2D eigenvalue weighted by Gasteiger charge is 2.36. The van der Waals surface area contributed by atoms with Gasteiger partial charge in [0.2, 0.25) is 0 Å². The van der Waals surface area contributed by atoms with Gasteiger partial charge in [0, 0.05) is 18.1 Å². The summed E-state index contributed by atoms with van der Waals surface area (Å²) in [6, 6.07) is 18.4. The highest BCUT2D eigenvalue weighted by molar-refractivity contribution is 6.25. The van der Waals surface area contributed by atoms with Crippen molar-refractivity contribution >= 4 is 28.5 Å². The molecule has 3 aromatic rings. The number of carboxylic acid groups (broad SMARTS) is 1. The number of nitrogens with zero attached hydrogens (tertiary/aromatic N) is 1. The molecule has 4 rings (SSSR count). The minimum atomic E-state index is -0.722. The maximum atomic E-state index is 11.8. The molecule has 2 aromatic carbocycles. The number of halogens is 1. The molecular formula is C28H33ClN2O3. The molecule has 0 spiro atoms. The lowest BCUT2D eigenvalue weighted by molar-refractivity contribution is -0.144. The average molecular weight is 481 g/mol. The first-order chi connectivity index (χ1) is 16.5. The average Bonchev–Trinajstić information content (AvgIpc) is 2.87. The van der Waals surface area contributed by atoms with Crippen LogP contribution >= 0.6 is 11.6 Å². The number of ether oxygens (including phenoxy) is 1. The Labute approximate surface area is 206 Å². The van der Waals surface area contributed by atoms with Gasteiger partial charge in [0.1, 0.15) is 5.75 Å². The summed E-state index contributed by atoms with van der Waals surface area (Å²) >= 11 is 7.52. The molecule has 6 heteroatoms. The standard InChI is InChI=1S/C28H33ClN2O3/c1-34-22-9-10-26-23(18-22)25(13-17-31-26)28(29,14-5-8-20-6-3-2-4-7-20)15-11-21-12-16-30-19-24(21)27(32)33/h2-4,6-7,9-10,13,17-18,21,24,30H,5,8,11-12,14-16,19H2,1H3,(H,32,33). The Kier molecular flexibility index (Phi) is 8.07. The number of hydrogen-bond donors (Lipinski definition) is 2. The Morgan fingerprint density at radius 1 is 1.21 bits per heavy atom. The molecular weight excluding hydrogens is 448 g/mol. The van der Waals surface area contributed by atoms with Crippen molar-refractivity contribution in [2.24, 2.45) is 11.8 Å². The van der Waals surface area contributed by atoms with E-state index in [9.17, 15) is 9.90 Å². The summed E-state index contributed by atoms with van der Waals surface area (Å²) in [4.78, 5) is 15.8. The largest absolute Gasteiger partial charge is 0.497 e. The van der Waals surface area contributed by atoms with E-state index in [1.165, 1.54) is 5.56 Å². The summed E-state index contributed by atoms with van der Waals surface area (Å²) in [5, 5.41) is 14.0. The van der Waals surface area contributed by atoms with Gasteiger partial charge in [0.05, 0.1) is 23.4 Å². The van der Waals surface area contributed by atoms with Crippen LogP contribution in [0.4, 0.5) is 0 Å². The second kappa shape index (κ2) is 11.2. The van der Waals surface area contributed by atoms with E-state index in [0.717, 1.165) is 60.9 Å². The van der Waals surface area contributed by atoms with Crippen LogP contribution in [0, 0.1) is 11.8 Å². The summed E-state index contributed by atoms with van der Waals surface area (Å²) in [5.41, 5.74) is 3.23. The topological polar surface area (TPSA) is 71.5 Å². The maximum absolute atomic E-state index is 11.8. The molecule has 0 saturated carbocycles. The Morgan fingerprint density at radius 2 is 2.03 bits per heavy atom. The van der Waals surface area contributed by atoms with Gasteiger partial charge >= 0.3 is 5.97 Å². The minimum Gasteiger partial charge on any atom is -0.497 e. The van der Waals surface area contributed by atoms with Gasteiger partial charge in [-0.15, -0.1) is 11.6 Å². The summed E-state index contributed by atoms with van der Waals surface area (Å²) in [5.74, 6) is -0.197. The summed E-state index contributed by atoms with van der Waals surface area (Å²) in [6.45, 7) is 1.38. The molecule has 1 aliphatic rings. The second-order valence-corrected chi connectivity index (χ2v) is 10.0. The number of aryl methyl sites for hydroxylation is 1. The van der Waals surface area contributed by atoms with E-state index in [2.05, 4.69) is 34.6 Å². The van der Waals surface area contributed by atoms with Gasteiger partial charge in [-0.2, -0.15) is 0 Å². The van der Waals surface area contributed by atoms with Gasteiger partial charge in [-0.3, -0.25) is 9.78 Å². The molecule has 0 aliphatic carbocycles. The van der Waals surface area contributed by atoms with E-state index in [1.807, 2.05) is 36.5 Å². The van der Waals surface area contributed by atoms with Crippen molar-refractivity contribution < 1.29 is 14.6 Å². The van der Waals surface area contributed by atoms with Crippen LogP contribution in [-0.4, -0.2) is 36.3 Å². The number of carboxylic acids is 1. The molecule has 3 unspecified atom stereocenters. The number of carbonyl (C=O) groups is 1. The lowest BCUT2D eigenvalue weighted by Gasteiger charge is -2.34. The normalized spacial score (nSPS) is 20.1. The molecule has 5 nitrogen and oxygen atoms in total. The molecule has 2 N–H and O–H groups in total. The van der Waals surface area contributed by atoms with Gasteiger partial charge in [0.15, 0.2) is 0 Å². The van der Waals surface area contributed by atoms with E-state index in [-0.39, 0.29) is 11.8 Å². The van der Waals surface area contributed by atoms with E-state index < -0.39 is 10.8 Å². The first-order valence-corrected chi connectivity index (χ1v) is 12.5. The fraction of sp³-hybridized carbons (Fsp3) is 0.429. The Bertz CT molecular complexity index is 1110. The molecule has 1 aliphatic heterocycles. The van der Waals surface area contributed by atoms with E-state index in [1.54, 1.807) is 7.11 Å². The van der Waals surface area contributed by atoms with Crippen LogP contribution < -0.4 is 10.1 Å². The van der Waals surface area contributed by atoms with Gasteiger partial charge in [-0.1, -0.05) is 30.3 Å². The smallest absolute Gasteiger partial charge is 0.308 e. The molecule has 1 fully saturated rings. The Morgan fingerprint density at radius 3 is 2.79 bits per heavy atom. The molecule has 1 saturated heterocycles. The Balaban J connectivity index is 1.62. The van der Waals surface area contributed by atoms with E-state index in [0.29, 0.717) is 13.0 Å². The fourth-order valence-electron chi connectivity index (χ4n) is 5.22. The maximum Gasteiger partial charge on any atom is 0.308 e. The van der Waals surface area contributed by atoms with Crippen LogP contribution in [-0.2, 0) is 16.1 Å². The number of aromatic nitrogens is 1.